The highest BCUT2D eigenvalue weighted by atomic mass is 16.3. The molecule has 0 saturated carbocycles. The van der Waals surface area contributed by atoms with Crippen LogP contribution in [0.4, 0.5) is 0 Å². The Morgan fingerprint density at radius 1 is 0.875 bits per heavy atom. The minimum Gasteiger partial charge on any atom is -0.455 e. The summed E-state index contributed by atoms with van der Waals surface area (Å²) in [5.74, 6) is 1.11. The molecule has 1 aromatic heterocycles. The second-order valence-electron chi connectivity index (χ2n) is 7.11. The van der Waals surface area contributed by atoms with Crippen molar-refractivity contribution in [1.82, 2.24) is 0 Å². The number of fused-ring (bicyclic) bond motifs is 1. The van der Waals surface area contributed by atoms with Crippen LogP contribution in [0.25, 0.3) is 11.0 Å². The Bertz CT molecular complexity index is 541. The molecule has 2 aromatic rings. The minimum atomic E-state index is 0.986. The van der Waals surface area contributed by atoms with Gasteiger partial charge in [0.05, 0.1) is 33.2 Å². The van der Waals surface area contributed by atoms with Crippen LogP contribution in [0.1, 0.15) is 51.7 Å². The number of hydrogen-bond donors (Lipinski definition) is 2. The van der Waals surface area contributed by atoms with Crippen LogP contribution in [0.2, 0.25) is 0 Å². The molecule has 0 aliphatic rings. The summed E-state index contributed by atoms with van der Waals surface area (Å²) in [5.41, 5.74) is 1.01. The van der Waals surface area contributed by atoms with E-state index < -0.39 is 0 Å². The smallest absolute Gasteiger partial charge is 0.159 e. The summed E-state index contributed by atoms with van der Waals surface area (Å²) in [6.45, 7) is 10.7. The maximum Gasteiger partial charge on any atom is 0.159 e. The van der Waals surface area contributed by atoms with Gasteiger partial charge in [-0.3, -0.25) is 0 Å². The number of nitrogens with one attached hydrogen (secondary N) is 2. The van der Waals surface area contributed by atoms with E-state index in [1.807, 2.05) is 12.1 Å². The summed E-state index contributed by atoms with van der Waals surface area (Å²) in [6, 6.07) is 10.5. The first kappa shape index (κ1) is 19.0. The molecule has 134 valence electrons. The van der Waals surface area contributed by atoms with E-state index in [9.17, 15) is 0 Å². The van der Waals surface area contributed by atoms with Gasteiger partial charge in [0.25, 0.3) is 0 Å². The lowest BCUT2D eigenvalue weighted by atomic mass is 10.1. The van der Waals surface area contributed by atoms with Crippen molar-refractivity contribution in [1.29, 1.82) is 0 Å². The average molecular weight is 333 g/mol. The van der Waals surface area contributed by atoms with Gasteiger partial charge in [0.1, 0.15) is 12.1 Å². The van der Waals surface area contributed by atoms with Gasteiger partial charge in [0.15, 0.2) is 5.76 Å². The molecule has 1 heterocycles. The molecule has 2 N–H and O–H groups in total. The van der Waals surface area contributed by atoms with E-state index in [0.717, 1.165) is 17.9 Å². The van der Waals surface area contributed by atoms with Crippen LogP contribution in [0.15, 0.2) is 34.7 Å². The fourth-order valence-electron chi connectivity index (χ4n) is 3.45. The number of para-hydroxylation sites is 1. The van der Waals surface area contributed by atoms with Crippen LogP contribution in [0.3, 0.4) is 0 Å². The van der Waals surface area contributed by atoms with Gasteiger partial charge in [-0.25, -0.2) is 0 Å². The summed E-state index contributed by atoms with van der Waals surface area (Å²) in [4.78, 5) is 3.28. The van der Waals surface area contributed by atoms with Gasteiger partial charge in [-0.1, -0.05) is 24.6 Å². The largest absolute Gasteiger partial charge is 0.455 e. The number of furan rings is 1. The molecule has 0 saturated heterocycles. The highest BCUT2D eigenvalue weighted by molar-refractivity contribution is 5.77. The van der Waals surface area contributed by atoms with Crippen LogP contribution >= 0.6 is 0 Å². The standard InChI is InChI=1S/C21H34N2O/c1-4-23(5-2)16-12-8-6-7-11-15-22(3)18-20-17-19-13-9-10-14-21(19)24-20/h9-10,13-14,17H,4-8,11-12,15-16,18H2,1-3H3/p+2. The monoisotopic (exact) mass is 332 g/mol. The topological polar surface area (TPSA) is 22.0 Å². The molecular formula is C21H36N2O+2. The van der Waals surface area contributed by atoms with E-state index in [4.69, 9.17) is 4.42 Å². The molecular weight excluding hydrogens is 296 g/mol. The van der Waals surface area contributed by atoms with E-state index in [2.05, 4.69) is 39.1 Å². The summed E-state index contributed by atoms with van der Waals surface area (Å²) >= 11 is 0. The molecule has 3 nitrogen and oxygen atoms in total. The van der Waals surface area contributed by atoms with Gasteiger partial charge in [-0.15, -0.1) is 0 Å². The average Bonchev–Trinajstić information content (AvgIpc) is 2.99. The van der Waals surface area contributed by atoms with E-state index in [1.54, 1.807) is 9.80 Å². The van der Waals surface area contributed by atoms with Crippen molar-refractivity contribution in [2.75, 3.05) is 33.2 Å². The van der Waals surface area contributed by atoms with E-state index in [0.29, 0.717) is 0 Å². The Labute approximate surface area is 147 Å². The molecule has 1 atom stereocenters. The van der Waals surface area contributed by atoms with Crippen molar-refractivity contribution in [3.63, 3.8) is 0 Å². The highest BCUT2D eigenvalue weighted by Crippen LogP contribution is 2.17. The lowest BCUT2D eigenvalue weighted by molar-refractivity contribution is -0.896. The van der Waals surface area contributed by atoms with Gasteiger partial charge in [0.2, 0.25) is 0 Å². The first-order valence-electron chi connectivity index (χ1n) is 9.85. The molecule has 0 amide bonds. The lowest BCUT2D eigenvalue weighted by Gasteiger charge is -2.15. The first-order chi connectivity index (χ1) is 11.7. The number of unbranched alkanes of at least 4 members (excludes halogenated alkanes) is 4. The predicted octanol–water partition coefficient (Wildman–Crippen LogP) is 2.32. The van der Waals surface area contributed by atoms with Gasteiger partial charge in [0, 0.05) is 5.39 Å². The maximum absolute atomic E-state index is 5.92. The number of quaternary nitrogens is 2. The fourth-order valence-corrected chi connectivity index (χ4v) is 3.45. The Morgan fingerprint density at radius 2 is 1.54 bits per heavy atom. The fraction of sp³-hybridized carbons (Fsp3) is 0.619. The first-order valence-corrected chi connectivity index (χ1v) is 9.85. The Hall–Kier alpha value is -1.32. The van der Waals surface area contributed by atoms with Crippen LogP contribution in [-0.4, -0.2) is 33.2 Å². The molecule has 0 aliphatic carbocycles. The minimum absolute atomic E-state index is 0.986. The quantitative estimate of drug-likeness (QED) is 0.572. The lowest BCUT2D eigenvalue weighted by Crippen LogP contribution is -3.11. The summed E-state index contributed by atoms with van der Waals surface area (Å²) in [6.07, 6.45) is 6.86. The van der Waals surface area contributed by atoms with Crippen molar-refractivity contribution >= 4 is 11.0 Å². The van der Waals surface area contributed by atoms with Gasteiger partial charge >= 0.3 is 0 Å². The molecule has 0 spiro atoms. The highest BCUT2D eigenvalue weighted by Gasteiger charge is 2.09. The molecule has 24 heavy (non-hydrogen) atoms. The normalized spacial score (nSPS) is 13.0. The van der Waals surface area contributed by atoms with Crippen LogP contribution in [-0.2, 0) is 6.54 Å². The molecule has 3 heteroatoms. The Kier molecular flexibility index (Phi) is 8.34. The zero-order valence-corrected chi connectivity index (χ0v) is 15.9. The van der Waals surface area contributed by atoms with Crippen molar-refractivity contribution in [2.24, 2.45) is 0 Å². The third-order valence-electron chi connectivity index (χ3n) is 5.09. The third-order valence-corrected chi connectivity index (χ3v) is 5.09. The number of benzene rings is 1. The van der Waals surface area contributed by atoms with Crippen LogP contribution < -0.4 is 9.80 Å². The van der Waals surface area contributed by atoms with Crippen LogP contribution in [0.5, 0.6) is 0 Å². The predicted molar refractivity (Wildman–Crippen MR) is 102 cm³/mol. The van der Waals surface area contributed by atoms with Crippen molar-refractivity contribution in [3.05, 3.63) is 36.1 Å². The molecule has 0 aliphatic heterocycles. The summed E-state index contributed by atoms with van der Waals surface area (Å²) in [5, 5.41) is 1.22. The number of hydrogen-bond acceptors (Lipinski definition) is 1. The Morgan fingerprint density at radius 3 is 2.25 bits per heavy atom. The van der Waals surface area contributed by atoms with E-state index >= 15 is 0 Å². The second-order valence-corrected chi connectivity index (χ2v) is 7.11. The molecule has 0 radical (unpaired) electrons. The van der Waals surface area contributed by atoms with Gasteiger partial charge in [-0.05, 0) is 51.7 Å². The SMILES string of the molecule is CC[NH+](CC)CCCCCCC[NH+](C)Cc1cc2ccccc2o1. The zero-order chi connectivity index (χ0) is 17.2. The van der Waals surface area contributed by atoms with Gasteiger partial charge in [-0.2, -0.15) is 0 Å². The van der Waals surface area contributed by atoms with Crippen molar-refractivity contribution in [2.45, 2.75) is 52.5 Å². The van der Waals surface area contributed by atoms with Crippen molar-refractivity contribution < 1.29 is 14.2 Å². The summed E-state index contributed by atoms with van der Waals surface area (Å²) in [7, 11) is 2.27. The Balaban J connectivity index is 1.56. The van der Waals surface area contributed by atoms with Crippen LogP contribution in [0, 0.1) is 0 Å². The molecule has 2 rings (SSSR count). The second kappa shape index (κ2) is 10.5. The molecule has 0 bridgehead atoms. The van der Waals surface area contributed by atoms with Crippen molar-refractivity contribution in [3.8, 4) is 0 Å². The maximum atomic E-state index is 5.92. The number of rotatable bonds is 12. The molecule has 0 fully saturated rings. The third kappa shape index (κ3) is 6.29. The summed E-state index contributed by atoms with van der Waals surface area (Å²) < 4.78 is 5.92. The van der Waals surface area contributed by atoms with E-state index in [-0.39, 0.29) is 0 Å². The zero-order valence-electron chi connectivity index (χ0n) is 15.9. The molecule has 1 unspecified atom stereocenters. The van der Waals surface area contributed by atoms with Gasteiger partial charge < -0.3 is 14.2 Å². The molecule has 1 aromatic carbocycles. The van der Waals surface area contributed by atoms with E-state index in [1.165, 1.54) is 63.7 Å².